The van der Waals surface area contributed by atoms with Crippen LogP contribution in [-0.4, -0.2) is 163 Å². The van der Waals surface area contributed by atoms with Gasteiger partial charge in [0.2, 0.25) is 0 Å². The number of nitrogens with zero attached hydrogens (tertiary/aromatic N) is 10. The van der Waals surface area contributed by atoms with Gasteiger partial charge in [0.15, 0.2) is 5.16 Å². The van der Waals surface area contributed by atoms with Gasteiger partial charge in [-0.2, -0.15) is 0 Å². The Kier molecular flexibility index (Phi) is 35.8. The second kappa shape index (κ2) is 43.2. The molecule has 0 unspecified atom stereocenters. The van der Waals surface area contributed by atoms with Crippen molar-refractivity contribution in [2.45, 2.75) is 185 Å². The third-order valence-electron chi connectivity index (χ3n) is 17.3. The van der Waals surface area contributed by atoms with E-state index in [9.17, 15) is 19.2 Å². The summed E-state index contributed by atoms with van der Waals surface area (Å²) in [5.74, 6) is -0.349. The van der Waals surface area contributed by atoms with E-state index in [2.05, 4.69) is 153 Å². The number of thioether (sulfide) groups is 1. The van der Waals surface area contributed by atoms with E-state index in [1.165, 1.54) is 43.6 Å². The number of carbonyl (C=O) groups excluding carboxylic acids is 4. The number of aryl methyl sites for hydroxylation is 1. The number of carbonyl (C=O) groups is 4. The van der Waals surface area contributed by atoms with Crippen LogP contribution in [0.1, 0.15) is 164 Å². The van der Waals surface area contributed by atoms with Crippen LogP contribution in [0.15, 0.2) is 115 Å². The van der Waals surface area contributed by atoms with Crippen molar-refractivity contribution in [2.24, 2.45) is 16.7 Å². The van der Waals surface area contributed by atoms with E-state index >= 15 is 0 Å². The second-order valence-electron chi connectivity index (χ2n) is 29.6. The lowest BCUT2D eigenvalue weighted by Crippen LogP contribution is -2.46. The Morgan fingerprint density at radius 2 is 0.981 bits per heavy atom. The molecule has 8 rings (SSSR count). The smallest absolute Gasteiger partial charge is 0.267 e. The number of hydroxylamine groups is 4. The Morgan fingerprint density at radius 1 is 0.538 bits per heavy atom. The topological polar surface area (TPSA) is 299 Å². The molecule has 0 bridgehead atoms. The van der Waals surface area contributed by atoms with Crippen molar-refractivity contribution < 1.29 is 40.0 Å². The number of aromatic nitrogens is 8. The standard InChI is InChI=1S/2C21H32N4O2.C19H28N4O2.C18H26N4O2S/c1-5-11-24(12-10-21(2,3)4)13-14-25-16-22-18-15-17(6-8-19(18)25)7-9-20(26)23-27;1-5-6-19-23-17-15-16(8-10-20(26)24-27)7-9-18(17)25(19)14-13-22-12-11-21(2,3)4;1-4-15(5-2)13-22(3)10-11-23-14-20-17-12-16(6-8-18(17)23)7-9-19(24)21-25;1-12(2)20-18(3,4)11-22-15-8-6-13(7-9-16(23)21-24)10-14(15)19-17(22)25-5/h6-9,15-16,27H,5,10-14H2,1-4H3,(H,23,26);7-10,15,22,27H,5-6,11-14H2,1-4H3,(H,24,26);6-9,12,14-15,25H,4-5,10-11,13H2,1-3H3,(H,21,24);6-10,12,20,24H,11H2,1-5H3,(H,21,23)/b9-7+;10-8+;2*9-7+. The van der Waals surface area contributed by atoms with E-state index in [1.54, 1.807) is 58.0 Å². The average molecular weight is 1450 g/mol. The van der Waals surface area contributed by atoms with Gasteiger partial charge in [-0.1, -0.05) is 132 Å². The van der Waals surface area contributed by atoms with E-state index in [-0.39, 0.29) is 5.54 Å². The molecule has 0 spiro atoms. The van der Waals surface area contributed by atoms with E-state index < -0.39 is 23.6 Å². The second-order valence-corrected chi connectivity index (χ2v) is 30.3. The number of fused-ring (bicyclic) bond motifs is 4. The molecule has 0 aliphatic heterocycles. The van der Waals surface area contributed by atoms with E-state index in [0.29, 0.717) is 16.9 Å². The molecule has 4 aromatic carbocycles. The third kappa shape index (κ3) is 29.6. The van der Waals surface area contributed by atoms with Gasteiger partial charge < -0.3 is 38.7 Å². The zero-order chi connectivity index (χ0) is 76.6. The summed E-state index contributed by atoms with van der Waals surface area (Å²) < 4.78 is 8.86. The van der Waals surface area contributed by atoms with Gasteiger partial charge in [-0.25, -0.2) is 41.9 Å². The summed E-state index contributed by atoms with van der Waals surface area (Å²) in [7, 11) is 2.17. The van der Waals surface area contributed by atoms with Crippen molar-refractivity contribution >= 4 is 104 Å². The molecular formula is C79H118N16O8S. The fourth-order valence-corrected chi connectivity index (χ4v) is 12.4. The molecule has 10 N–H and O–H groups in total. The van der Waals surface area contributed by atoms with E-state index in [4.69, 9.17) is 30.8 Å². The van der Waals surface area contributed by atoms with Crippen LogP contribution in [0.5, 0.6) is 0 Å². The first kappa shape index (κ1) is 86.3. The number of nitrogens with one attached hydrogen (secondary N) is 6. The van der Waals surface area contributed by atoms with Crippen molar-refractivity contribution in [3.05, 3.63) is 138 Å². The molecule has 24 nitrogen and oxygen atoms in total. The first-order valence-corrected chi connectivity index (χ1v) is 37.5. The van der Waals surface area contributed by atoms with Crippen LogP contribution in [0, 0.1) is 16.7 Å². The van der Waals surface area contributed by atoms with Crippen LogP contribution in [0.2, 0.25) is 0 Å². The quantitative estimate of drug-likeness (QED) is 0.00589. The summed E-state index contributed by atoms with van der Waals surface area (Å²) in [6.07, 6.45) is 25.4. The Hall–Kier alpha value is -8.37. The molecule has 4 amide bonds. The Labute approximate surface area is 619 Å². The van der Waals surface area contributed by atoms with Crippen LogP contribution in [-0.2, 0) is 51.8 Å². The van der Waals surface area contributed by atoms with Crippen LogP contribution < -0.4 is 32.6 Å². The van der Waals surface area contributed by atoms with Crippen LogP contribution in [0.3, 0.4) is 0 Å². The summed E-state index contributed by atoms with van der Waals surface area (Å²) in [5.41, 5.74) is 18.4. The first-order valence-electron chi connectivity index (χ1n) is 36.3. The number of imidazole rings is 4. The van der Waals surface area contributed by atoms with Gasteiger partial charge in [0.25, 0.3) is 23.6 Å². The summed E-state index contributed by atoms with van der Waals surface area (Å²) in [6, 6.07) is 24.1. The molecule has 568 valence electrons. The predicted molar refractivity (Wildman–Crippen MR) is 422 cm³/mol. The molecule has 0 atom stereocenters. The van der Waals surface area contributed by atoms with Gasteiger partial charge in [-0.15, -0.1) is 0 Å². The molecule has 25 heteroatoms. The highest BCUT2D eigenvalue weighted by Crippen LogP contribution is 2.28. The van der Waals surface area contributed by atoms with Crippen molar-refractivity contribution in [2.75, 3.05) is 59.1 Å². The number of rotatable bonds is 34. The van der Waals surface area contributed by atoms with Crippen LogP contribution in [0.25, 0.3) is 68.4 Å². The maximum absolute atomic E-state index is 11.2. The van der Waals surface area contributed by atoms with Gasteiger partial charge in [-0.05, 0) is 184 Å². The maximum Gasteiger partial charge on any atom is 0.267 e. The lowest BCUT2D eigenvalue weighted by Gasteiger charge is -2.30. The molecule has 104 heavy (non-hydrogen) atoms. The van der Waals surface area contributed by atoms with Gasteiger partial charge in [0.1, 0.15) is 5.82 Å². The van der Waals surface area contributed by atoms with Gasteiger partial charge in [0.05, 0.1) is 56.8 Å². The Bertz CT molecular complexity index is 4110. The summed E-state index contributed by atoms with van der Waals surface area (Å²) >= 11 is 1.62. The molecule has 0 radical (unpaired) electrons. The molecule has 0 saturated carbocycles. The first-order chi connectivity index (χ1) is 49.5. The SMILES string of the molecule is CCC(CC)CN(C)CCn1cnc2cc(/C=C/C(=O)NO)ccc21.CCCN(CCn1cnc2cc(/C=C/C(=O)NO)ccc21)CCC(C)(C)C.CCCc1nc2cc(/C=C/C(=O)NO)ccc2n1CCNCCC(C)(C)C.CSc1nc2cc(/C=C/C(=O)NO)ccc2n1CC(C)(C)NC(C)C. The predicted octanol–water partition coefficient (Wildman–Crippen LogP) is 13.2. The molecule has 8 aromatic rings. The van der Waals surface area contributed by atoms with Crippen LogP contribution >= 0.6 is 11.8 Å². The van der Waals surface area contributed by atoms with Gasteiger partial charge >= 0.3 is 0 Å². The zero-order valence-electron chi connectivity index (χ0n) is 64.4. The van der Waals surface area contributed by atoms with Gasteiger partial charge in [0, 0.05) is 94.7 Å². The van der Waals surface area contributed by atoms with Gasteiger partial charge in [-0.3, -0.25) is 40.0 Å². The number of amides is 4. The Morgan fingerprint density at radius 3 is 1.40 bits per heavy atom. The number of benzene rings is 4. The minimum atomic E-state index is -0.558. The zero-order valence-corrected chi connectivity index (χ0v) is 65.2. The lowest BCUT2D eigenvalue weighted by molar-refractivity contribution is -0.124. The number of hydrogen-bond donors (Lipinski definition) is 10. The van der Waals surface area contributed by atoms with E-state index in [1.807, 2.05) is 91.7 Å². The minimum Gasteiger partial charge on any atom is -0.329 e. The number of hydrogen-bond acceptors (Lipinski definition) is 17. The fraction of sp³-hybridized carbons (Fsp3) is 0.494. The summed E-state index contributed by atoms with van der Waals surface area (Å²) in [6.45, 7) is 42.0. The summed E-state index contributed by atoms with van der Waals surface area (Å²) in [5, 5.41) is 42.3. The molecule has 4 aromatic heterocycles. The Balaban J connectivity index is 0.000000249. The molecule has 0 aliphatic carbocycles. The monoisotopic (exact) mass is 1450 g/mol. The third-order valence-corrected chi connectivity index (χ3v) is 18.0. The highest BCUT2D eigenvalue weighted by molar-refractivity contribution is 7.98. The molecular weight excluding hydrogens is 1330 g/mol. The maximum atomic E-state index is 11.2. The van der Waals surface area contributed by atoms with Crippen molar-refractivity contribution in [3.63, 3.8) is 0 Å². The molecule has 0 aliphatic rings. The van der Waals surface area contributed by atoms with Crippen molar-refractivity contribution in [3.8, 4) is 0 Å². The lowest BCUT2D eigenvalue weighted by atomic mass is 9.92. The molecule has 0 saturated heterocycles. The minimum absolute atomic E-state index is 0.0654. The van der Waals surface area contributed by atoms with Crippen molar-refractivity contribution in [1.82, 2.24) is 80.6 Å². The van der Waals surface area contributed by atoms with E-state index in [0.717, 1.165) is 181 Å². The van der Waals surface area contributed by atoms with Crippen molar-refractivity contribution in [1.29, 1.82) is 0 Å². The highest BCUT2D eigenvalue weighted by atomic mass is 32.2. The normalized spacial score (nSPS) is 12.2. The molecule has 4 heterocycles. The largest absolute Gasteiger partial charge is 0.329 e. The molecule has 0 fully saturated rings. The number of likely N-dealkylation sites (N-methyl/N-ethyl adjacent to an activating group) is 1. The van der Waals surface area contributed by atoms with Crippen LogP contribution in [0.4, 0.5) is 0 Å². The summed E-state index contributed by atoms with van der Waals surface area (Å²) in [4.78, 5) is 67.8. The fourth-order valence-electron chi connectivity index (χ4n) is 11.8. The highest BCUT2D eigenvalue weighted by Gasteiger charge is 2.23. The average Bonchev–Trinajstić information content (AvgIpc) is 1.37.